The molecule has 4 nitrogen and oxygen atoms in total. The van der Waals surface area contributed by atoms with E-state index in [0.717, 1.165) is 19.5 Å². The van der Waals surface area contributed by atoms with Crippen LogP contribution >= 0.6 is 0 Å². The van der Waals surface area contributed by atoms with Crippen molar-refractivity contribution in [3.05, 3.63) is 0 Å². The Labute approximate surface area is 87.0 Å². The zero-order chi connectivity index (χ0) is 11.0. The van der Waals surface area contributed by atoms with Crippen LogP contribution in [0.4, 0.5) is 0 Å². The van der Waals surface area contributed by atoms with Crippen molar-refractivity contribution < 1.29 is 4.79 Å². The van der Waals surface area contributed by atoms with Crippen molar-refractivity contribution in [1.29, 1.82) is 0 Å². The van der Waals surface area contributed by atoms with E-state index in [9.17, 15) is 4.79 Å². The lowest BCUT2D eigenvalue weighted by molar-refractivity contribution is -0.121. The normalized spacial score (nSPS) is 12.9. The molecule has 0 aromatic rings. The third-order valence-corrected chi connectivity index (χ3v) is 1.88. The second-order valence-corrected chi connectivity index (χ2v) is 3.94. The molecule has 0 aromatic carbocycles. The molecule has 0 aliphatic carbocycles. The van der Waals surface area contributed by atoms with E-state index in [1.165, 1.54) is 0 Å². The summed E-state index contributed by atoms with van der Waals surface area (Å²) in [5.41, 5.74) is 0. The quantitative estimate of drug-likeness (QED) is 0.572. The standard InChI is InChI=1S/C10H23N3O/c1-9(8-13(3)4)12-10(14)6-5-7-11-2/h9,11H,5-8H2,1-4H3,(H,12,14). The van der Waals surface area contributed by atoms with Gasteiger partial charge in [0.15, 0.2) is 0 Å². The predicted octanol–water partition coefficient (Wildman–Crippen LogP) is 0.0523. The molecule has 0 aliphatic rings. The molecule has 84 valence electrons. The van der Waals surface area contributed by atoms with Crippen LogP contribution in [-0.4, -0.2) is 51.1 Å². The van der Waals surface area contributed by atoms with Crippen molar-refractivity contribution in [2.45, 2.75) is 25.8 Å². The number of amides is 1. The van der Waals surface area contributed by atoms with Crippen LogP contribution in [0.2, 0.25) is 0 Å². The second kappa shape index (κ2) is 7.76. The number of rotatable bonds is 7. The summed E-state index contributed by atoms with van der Waals surface area (Å²) in [6.45, 7) is 3.81. The van der Waals surface area contributed by atoms with E-state index in [2.05, 4.69) is 15.5 Å². The van der Waals surface area contributed by atoms with Gasteiger partial charge >= 0.3 is 0 Å². The van der Waals surface area contributed by atoms with Gasteiger partial charge in [-0.3, -0.25) is 4.79 Å². The van der Waals surface area contributed by atoms with E-state index >= 15 is 0 Å². The molecular formula is C10H23N3O. The summed E-state index contributed by atoms with van der Waals surface area (Å²) in [4.78, 5) is 13.4. The van der Waals surface area contributed by atoms with Gasteiger partial charge in [-0.15, -0.1) is 0 Å². The third-order valence-electron chi connectivity index (χ3n) is 1.88. The Kier molecular flexibility index (Phi) is 7.42. The van der Waals surface area contributed by atoms with Crippen molar-refractivity contribution in [3.63, 3.8) is 0 Å². The maximum Gasteiger partial charge on any atom is 0.220 e. The molecule has 0 heterocycles. The molecular weight excluding hydrogens is 178 g/mol. The molecule has 1 unspecified atom stereocenters. The van der Waals surface area contributed by atoms with Gasteiger partial charge in [-0.05, 0) is 41.0 Å². The fourth-order valence-corrected chi connectivity index (χ4v) is 1.37. The zero-order valence-electron chi connectivity index (χ0n) is 9.76. The smallest absolute Gasteiger partial charge is 0.220 e. The van der Waals surface area contributed by atoms with Crippen molar-refractivity contribution in [3.8, 4) is 0 Å². The molecule has 0 saturated heterocycles. The number of hydrogen-bond donors (Lipinski definition) is 2. The van der Waals surface area contributed by atoms with Gasteiger partial charge in [0.25, 0.3) is 0 Å². The van der Waals surface area contributed by atoms with Crippen LogP contribution in [0.1, 0.15) is 19.8 Å². The van der Waals surface area contributed by atoms with Crippen LogP contribution in [0, 0.1) is 0 Å². The van der Waals surface area contributed by atoms with E-state index in [0.29, 0.717) is 6.42 Å². The Morgan fingerprint density at radius 2 is 2.07 bits per heavy atom. The zero-order valence-corrected chi connectivity index (χ0v) is 9.76. The molecule has 1 amide bonds. The summed E-state index contributed by atoms with van der Waals surface area (Å²) >= 11 is 0. The Morgan fingerprint density at radius 1 is 1.43 bits per heavy atom. The molecule has 4 heteroatoms. The minimum atomic E-state index is 0.148. The number of likely N-dealkylation sites (N-methyl/N-ethyl adjacent to an activating group) is 1. The SMILES string of the molecule is CNCCCC(=O)NC(C)CN(C)C. The molecule has 0 bridgehead atoms. The third kappa shape index (κ3) is 8.01. The van der Waals surface area contributed by atoms with Gasteiger partial charge in [-0.2, -0.15) is 0 Å². The van der Waals surface area contributed by atoms with Crippen LogP contribution in [0.15, 0.2) is 0 Å². The van der Waals surface area contributed by atoms with Gasteiger partial charge in [-0.25, -0.2) is 0 Å². The molecule has 0 radical (unpaired) electrons. The molecule has 14 heavy (non-hydrogen) atoms. The van der Waals surface area contributed by atoms with Gasteiger partial charge in [0.2, 0.25) is 5.91 Å². The largest absolute Gasteiger partial charge is 0.352 e. The number of nitrogens with one attached hydrogen (secondary N) is 2. The van der Waals surface area contributed by atoms with E-state index < -0.39 is 0 Å². The van der Waals surface area contributed by atoms with E-state index in [4.69, 9.17) is 0 Å². The minimum absolute atomic E-state index is 0.148. The topological polar surface area (TPSA) is 44.4 Å². The number of carbonyl (C=O) groups is 1. The molecule has 2 N–H and O–H groups in total. The van der Waals surface area contributed by atoms with Crippen molar-refractivity contribution in [2.24, 2.45) is 0 Å². The molecule has 0 fully saturated rings. The van der Waals surface area contributed by atoms with Crippen LogP contribution in [0.3, 0.4) is 0 Å². The van der Waals surface area contributed by atoms with Crippen molar-refractivity contribution >= 4 is 5.91 Å². The monoisotopic (exact) mass is 201 g/mol. The Balaban J connectivity index is 3.50. The fraction of sp³-hybridized carbons (Fsp3) is 0.900. The summed E-state index contributed by atoms with van der Waals surface area (Å²) in [6, 6.07) is 0.229. The number of hydrogen-bond acceptors (Lipinski definition) is 3. The number of nitrogens with zero attached hydrogens (tertiary/aromatic N) is 1. The number of carbonyl (C=O) groups excluding carboxylic acids is 1. The first kappa shape index (κ1) is 13.4. The summed E-state index contributed by atoms with van der Waals surface area (Å²) in [5.74, 6) is 0.148. The first-order valence-corrected chi connectivity index (χ1v) is 5.15. The first-order valence-electron chi connectivity index (χ1n) is 5.15. The van der Waals surface area contributed by atoms with Crippen molar-refractivity contribution in [2.75, 3.05) is 34.2 Å². The maximum absolute atomic E-state index is 11.4. The lowest BCUT2D eigenvalue weighted by Gasteiger charge is -2.18. The molecule has 0 spiro atoms. The van der Waals surface area contributed by atoms with Crippen LogP contribution in [0.25, 0.3) is 0 Å². The predicted molar refractivity (Wildman–Crippen MR) is 59.3 cm³/mol. The Morgan fingerprint density at radius 3 is 2.57 bits per heavy atom. The van der Waals surface area contributed by atoms with Crippen LogP contribution in [-0.2, 0) is 4.79 Å². The molecule has 0 saturated carbocycles. The molecule has 0 rings (SSSR count). The summed E-state index contributed by atoms with van der Waals surface area (Å²) in [5, 5.41) is 5.98. The van der Waals surface area contributed by atoms with Crippen LogP contribution < -0.4 is 10.6 Å². The molecule has 0 aromatic heterocycles. The average molecular weight is 201 g/mol. The highest BCUT2D eigenvalue weighted by Crippen LogP contribution is 1.90. The van der Waals surface area contributed by atoms with E-state index in [-0.39, 0.29) is 11.9 Å². The lowest BCUT2D eigenvalue weighted by atomic mass is 10.2. The van der Waals surface area contributed by atoms with Gasteiger partial charge in [-0.1, -0.05) is 0 Å². The molecule has 1 atom stereocenters. The maximum atomic E-state index is 11.4. The van der Waals surface area contributed by atoms with E-state index in [1.807, 2.05) is 28.1 Å². The fourth-order valence-electron chi connectivity index (χ4n) is 1.37. The Bertz CT molecular complexity index is 159. The summed E-state index contributed by atoms with van der Waals surface area (Å²) in [7, 11) is 5.90. The highest BCUT2D eigenvalue weighted by molar-refractivity contribution is 5.76. The highest BCUT2D eigenvalue weighted by Gasteiger charge is 2.07. The van der Waals surface area contributed by atoms with Gasteiger partial charge < -0.3 is 15.5 Å². The van der Waals surface area contributed by atoms with Gasteiger partial charge in [0.1, 0.15) is 0 Å². The summed E-state index contributed by atoms with van der Waals surface area (Å²) in [6.07, 6.45) is 1.51. The van der Waals surface area contributed by atoms with E-state index in [1.54, 1.807) is 0 Å². The molecule has 0 aliphatic heterocycles. The average Bonchev–Trinajstić information content (AvgIpc) is 2.02. The second-order valence-electron chi connectivity index (χ2n) is 3.94. The highest BCUT2D eigenvalue weighted by atomic mass is 16.1. The summed E-state index contributed by atoms with van der Waals surface area (Å²) < 4.78 is 0. The van der Waals surface area contributed by atoms with Crippen LogP contribution in [0.5, 0.6) is 0 Å². The van der Waals surface area contributed by atoms with Crippen molar-refractivity contribution in [1.82, 2.24) is 15.5 Å². The van der Waals surface area contributed by atoms with Gasteiger partial charge in [0.05, 0.1) is 0 Å². The van der Waals surface area contributed by atoms with Gasteiger partial charge in [0, 0.05) is 19.0 Å². The first-order chi connectivity index (χ1) is 6.56. The minimum Gasteiger partial charge on any atom is -0.352 e. The Hall–Kier alpha value is -0.610. The lowest BCUT2D eigenvalue weighted by Crippen LogP contribution is -2.39.